The molecule has 0 unspecified atom stereocenters. The van der Waals surface area contributed by atoms with Gasteiger partial charge in [0.25, 0.3) is 0 Å². The molecule has 0 saturated carbocycles. The first-order valence-corrected chi connectivity index (χ1v) is 6.22. The molecule has 0 N–H and O–H groups in total. The van der Waals surface area contributed by atoms with E-state index < -0.39 is 0 Å². The summed E-state index contributed by atoms with van der Waals surface area (Å²) in [5.41, 5.74) is 2.51. The normalized spacial score (nSPS) is 40.5. The summed E-state index contributed by atoms with van der Waals surface area (Å²) in [7, 11) is 0. The van der Waals surface area contributed by atoms with Gasteiger partial charge in [-0.15, -0.1) is 0 Å². The first-order valence-electron chi connectivity index (χ1n) is 6.22. The summed E-state index contributed by atoms with van der Waals surface area (Å²) in [6.45, 7) is 2.09. The second-order valence-electron chi connectivity index (χ2n) is 5.57. The molecule has 5 rings (SSSR count). The Bertz CT molecular complexity index is 581. The number of fused-ring (bicyclic) bond motifs is 2. The highest BCUT2D eigenvalue weighted by Crippen LogP contribution is 2.63. The summed E-state index contributed by atoms with van der Waals surface area (Å²) in [6.07, 6.45) is 8.24. The quantitative estimate of drug-likeness (QED) is 0.616. The maximum atomic E-state index is 12.3. The monoisotopic (exact) mass is 222 g/mol. The standard InChI is InChI=1S/C16H14O/c1-16-9-8-10(6-7-13(16)17)14-11-4-2-3-5-12(11)15(14)16/h2-10,14-15H,1H3/t10-,14-,15+,16-/m0/s1. The molecular weight excluding hydrogens is 208 g/mol. The van der Waals surface area contributed by atoms with Crippen LogP contribution in [0.1, 0.15) is 29.9 Å². The van der Waals surface area contributed by atoms with Crippen molar-refractivity contribution < 1.29 is 4.79 Å². The Hall–Kier alpha value is -1.63. The molecule has 2 bridgehead atoms. The van der Waals surface area contributed by atoms with Crippen LogP contribution in [0.3, 0.4) is 0 Å². The van der Waals surface area contributed by atoms with Crippen molar-refractivity contribution in [1.29, 1.82) is 0 Å². The zero-order valence-electron chi connectivity index (χ0n) is 9.76. The zero-order chi connectivity index (χ0) is 11.6. The Labute approximate surface area is 101 Å². The van der Waals surface area contributed by atoms with Gasteiger partial charge in [0.15, 0.2) is 5.78 Å². The molecule has 1 nitrogen and oxygen atoms in total. The van der Waals surface area contributed by atoms with Gasteiger partial charge in [0.2, 0.25) is 0 Å². The summed E-state index contributed by atoms with van der Waals surface area (Å²) in [4.78, 5) is 12.3. The number of ketones is 1. The van der Waals surface area contributed by atoms with Crippen molar-refractivity contribution in [2.24, 2.45) is 11.3 Å². The minimum absolute atomic E-state index is 0.262. The number of hydrogen-bond acceptors (Lipinski definition) is 1. The van der Waals surface area contributed by atoms with E-state index in [0.717, 1.165) is 0 Å². The molecule has 0 aliphatic heterocycles. The second kappa shape index (κ2) is 2.79. The van der Waals surface area contributed by atoms with E-state index in [1.807, 2.05) is 0 Å². The van der Waals surface area contributed by atoms with Gasteiger partial charge in [0.1, 0.15) is 0 Å². The molecule has 1 aromatic rings. The highest BCUT2D eigenvalue weighted by Gasteiger charge is 2.55. The fraction of sp³-hybridized carbons (Fsp3) is 0.312. The summed E-state index contributed by atoms with van der Waals surface area (Å²) in [5.74, 6) is 1.58. The lowest BCUT2D eigenvalue weighted by Crippen LogP contribution is -2.43. The van der Waals surface area contributed by atoms with Crippen LogP contribution in [0.25, 0.3) is 0 Å². The predicted molar refractivity (Wildman–Crippen MR) is 66.8 cm³/mol. The van der Waals surface area contributed by atoms with E-state index in [1.165, 1.54) is 11.1 Å². The average molecular weight is 222 g/mol. The van der Waals surface area contributed by atoms with Crippen LogP contribution in [0.5, 0.6) is 0 Å². The third-order valence-electron chi connectivity index (χ3n) is 4.78. The van der Waals surface area contributed by atoms with E-state index in [0.29, 0.717) is 17.8 Å². The van der Waals surface area contributed by atoms with Gasteiger partial charge in [-0.3, -0.25) is 4.79 Å². The van der Waals surface area contributed by atoms with Gasteiger partial charge in [0.05, 0.1) is 5.41 Å². The molecule has 1 heteroatoms. The molecule has 0 amide bonds. The minimum atomic E-state index is -0.317. The SMILES string of the molecule is C[C@]12C=C[C@H](C=CC1=O)[C@H]1c3ccccc3[C@H]12. The van der Waals surface area contributed by atoms with Crippen molar-refractivity contribution in [3.8, 4) is 0 Å². The molecule has 0 aromatic heterocycles. The smallest absolute Gasteiger partial charge is 0.165 e. The third kappa shape index (κ3) is 0.940. The summed E-state index contributed by atoms with van der Waals surface area (Å²) in [6, 6.07) is 8.58. The van der Waals surface area contributed by atoms with E-state index >= 15 is 0 Å². The van der Waals surface area contributed by atoms with Crippen LogP contribution < -0.4 is 0 Å². The zero-order valence-corrected chi connectivity index (χ0v) is 9.76. The van der Waals surface area contributed by atoms with E-state index in [-0.39, 0.29) is 11.2 Å². The lowest BCUT2D eigenvalue weighted by molar-refractivity contribution is -0.122. The van der Waals surface area contributed by atoms with Crippen LogP contribution in [-0.2, 0) is 4.79 Å². The topological polar surface area (TPSA) is 17.1 Å². The molecule has 17 heavy (non-hydrogen) atoms. The van der Waals surface area contributed by atoms with Gasteiger partial charge in [-0.1, -0.05) is 42.5 Å². The fourth-order valence-corrected chi connectivity index (χ4v) is 3.83. The molecule has 0 saturated heterocycles. The van der Waals surface area contributed by atoms with Crippen molar-refractivity contribution in [2.45, 2.75) is 18.8 Å². The highest BCUT2D eigenvalue weighted by molar-refractivity contribution is 5.98. The molecule has 84 valence electrons. The first-order chi connectivity index (χ1) is 8.22. The Balaban J connectivity index is 1.98. The van der Waals surface area contributed by atoms with Crippen LogP contribution >= 0.6 is 0 Å². The van der Waals surface area contributed by atoms with E-state index in [4.69, 9.17) is 0 Å². The molecule has 0 radical (unpaired) electrons. The Kier molecular flexibility index (Phi) is 1.54. The van der Waals surface area contributed by atoms with Gasteiger partial charge in [-0.05, 0) is 24.1 Å². The van der Waals surface area contributed by atoms with Crippen LogP contribution in [0.4, 0.5) is 0 Å². The van der Waals surface area contributed by atoms with Crippen LogP contribution in [0, 0.1) is 11.3 Å². The molecule has 0 fully saturated rings. The Morgan fingerprint density at radius 2 is 1.88 bits per heavy atom. The molecule has 4 aliphatic carbocycles. The van der Waals surface area contributed by atoms with Crippen molar-refractivity contribution >= 4 is 5.78 Å². The number of rotatable bonds is 0. The number of hydrogen-bond donors (Lipinski definition) is 0. The lowest BCUT2D eigenvalue weighted by Gasteiger charge is -2.51. The van der Waals surface area contributed by atoms with Crippen molar-refractivity contribution in [3.05, 3.63) is 59.7 Å². The Morgan fingerprint density at radius 3 is 2.71 bits per heavy atom. The van der Waals surface area contributed by atoms with E-state index in [2.05, 4.69) is 49.4 Å². The van der Waals surface area contributed by atoms with Crippen molar-refractivity contribution in [1.82, 2.24) is 0 Å². The molecule has 0 spiro atoms. The number of benzene rings is 1. The molecule has 1 aromatic carbocycles. The summed E-state index contributed by atoms with van der Waals surface area (Å²) in [5, 5.41) is 0. The number of carbonyl (C=O) groups excluding carboxylic acids is 1. The minimum Gasteiger partial charge on any atom is -0.294 e. The maximum absolute atomic E-state index is 12.3. The Morgan fingerprint density at radius 1 is 1.12 bits per heavy atom. The van der Waals surface area contributed by atoms with Crippen LogP contribution in [-0.4, -0.2) is 5.78 Å². The van der Waals surface area contributed by atoms with Gasteiger partial charge in [0, 0.05) is 17.8 Å². The molecule has 4 aliphatic rings. The first kappa shape index (κ1) is 9.41. The predicted octanol–water partition coefficient (Wildman–Crippen LogP) is 3.20. The molecular formula is C16H14O. The van der Waals surface area contributed by atoms with Gasteiger partial charge in [-0.25, -0.2) is 0 Å². The largest absolute Gasteiger partial charge is 0.294 e. The van der Waals surface area contributed by atoms with Crippen LogP contribution in [0.15, 0.2) is 48.6 Å². The number of allylic oxidation sites excluding steroid dienone is 4. The fourth-order valence-electron chi connectivity index (χ4n) is 3.83. The van der Waals surface area contributed by atoms with Gasteiger partial charge >= 0.3 is 0 Å². The number of carbonyl (C=O) groups is 1. The van der Waals surface area contributed by atoms with Gasteiger partial charge < -0.3 is 0 Å². The summed E-state index contributed by atoms with van der Waals surface area (Å²) < 4.78 is 0. The maximum Gasteiger partial charge on any atom is 0.165 e. The van der Waals surface area contributed by atoms with Crippen molar-refractivity contribution in [2.75, 3.05) is 0 Å². The molecule has 0 heterocycles. The van der Waals surface area contributed by atoms with Gasteiger partial charge in [-0.2, -0.15) is 0 Å². The summed E-state index contributed by atoms with van der Waals surface area (Å²) >= 11 is 0. The highest BCUT2D eigenvalue weighted by atomic mass is 16.1. The second-order valence-corrected chi connectivity index (χ2v) is 5.57. The van der Waals surface area contributed by atoms with E-state index in [9.17, 15) is 4.79 Å². The third-order valence-corrected chi connectivity index (χ3v) is 4.78. The van der Waals surface area contributed by atoms with Crippen molar-refractivity contribution in [3.63, 3.8) is 0 Å². The van der Waals surface area contributed by atoms with E-state index in [1.54, 1.807) is 6.08 Å². The average Bonchev–Trinajstić information content (AvgIpc) is 2.50. The molecule has 4 atom stereocenters. The lowest BCUT2D eigenvalue weighted by atomic mass is 9.51. The van der Waals surface area contributed by atoms with Crippen LogP contribution in [0.2, 0.25) is 0 Å².